The molecule has 28 heteroatoms. The van der Waals surface area contributed by atoms with Gasteiger partial charge in [0.05, 0.1) is 30.5 Å². The fourth-order valence-electron chi connectivity index (χ4n) is 27.5. The predicted molar refractivity (Wildman–Crippen MR) is 465 cm³/mol. The minimum atomic E-state index is -4.64. The van der Waals surface area contributed by atoms with Gasteiger partial charge in [0.15, 0.2) is 0 Å². The Morgan fingerprint density at radius 1 is 0.484 bits per heavy atom. The Labute approximate surface area is 766 Å². The van der Waals surface area contributed by atoms with Crippen LogP contribution in [0.5, 0.6) is 0 Å². The summed E-state index contributed by atoms with van der Waals surface area (Å²) in [7, 11) is 9.84. The molecule has 0 spiro atoms. The van der Waals surface area contributed by atoms with Crippen molar-refractivity contribution in [2.45, 2.75) is 316 Å². The molecule has 0 radical (unpaired) electrons. The minimum Gasteiger partial charge on any atom is -0.870 e. The normalized spacial score (nSPS) is 44.3. The van der Waals surface area contributed by atoms with Gasteiger partial charge in [0.2, 0.25) is 6.29 Å². The number of aliphatic hydroxyl groups excluding tert-OH is 4. The molecule has 12 aliphatic carbocycles. The number of hydrogen-bond donors (Lipinski definition) is 4. The van der Waals surface area contributed by atoms with Gasteiger partial charge in [0.25, 0.3) is 6.48 Å². The molecule has 12 saturated carbocycles. The van der Waals surface area contributed by atoms with Gasteiger partial charge in [-0.25, -0.2) is 14.4 Å². The molecule has 23 nitrogen and oxygen atoms in total. The maximum absolute atomic E-state index is 13.7. The topological polar surface area (TPSA) is 362 Å². The molecule has 12 aliphatic rings. The number of ketones is 4. The van der Waals surface area contributed by atoms with Crippen LogP contribution in [0.3, 0.4) is 0 Å². The Hall–Kier alpha value is -3.68. The molecule has 0 aliphatic heterocycles. The molecule has 32 atom stereocenters. The number of esters is 2. The van der Waals surface area contributed by atoms with Crippen molar-refractivity contribution in [2.24, 2.45) is 136 Å². The number of allylic oxidation sites excluding steroid dienone is 3. The van der Waals surface area contributed by atoms with E-state index in [-0.39, 0.29) is 188 Å². The van der Waals surface area contributed by atoms with E-state index in [1.165, 1.54) is 21.3 Å². The maximum Gasteiger partial charge on any atom is 1.00 e. The average molecular weight is 1800 g/mol. The maximum atomic E-state index is 13.7. The third-order valence-corrected chi connectivity index (χ3v) is 35.8. The Bertz CT molecular complexity index is 3650. The number of hydrogen-bond acceptors (Lipinski definition) is 22. The molecule has 12 fully saturated rings. The number of aldehydes is 1. The van der Waals surface area contributed by atoms with E-state index in [9.17, 15) is 67.2 Å². The quantitative estimate of drug-likeness (QED) is 0.0225. The Morgan fingerprint density at radius 3 is 1.08 bits per heavy atom. The van der Waals surface area contributed by atoms with Crippen molar-refractivity contribution in [2.75, 3.05) is 55.9 Å². The van der Waals surface area contributed by atoms with Gasteiger partial charge in [-0.15, -0.1) is 26.3 Å². The number of carbonyl (C=O) groups excluding carboxylic acids is 8. The number of halogens is 4. The second kappa shape index (κ2) is 44.2. The summed E-state index contributed by atoms with van der Waals surface area (Å²) < 4.78 is 80.2. The van der Waals surface area contributed by atoms with Gasteiger partial charge in [-0.2, -0.15) is 13.2 Å². The predicted octanol–water partition coefficient (Wildman–Crippen LogP) is 14.0. The fraction of sp³-hybridized carbons (Fsp3) is 0.833. The van der Waals surface area contributed by atoms with Gasteiger partial charge in [0, 0.05) is 152 Å². The van der Waals surface area contributed by atoms with Crippen LogP contribution in [0, 0.1) is 136 Å². The van der Waals surface area contributed by atoms with Crippen LogP contribution in [0.1, 0.15) is 254 Å². The van der Waals surface area contributed by atoms with Gasteiger partial charge in [-0.3, -0.25) is 24.0 Å². The number of alkyl halides is 3. The van der Waals surface area contributed by atoms with Crippen molar-refractivity contribution >= 4 is 58.4 Å². The van der Waals surface area contributed by atoms with E-state index in [0.29, 0.717) is 49.9 Å². The van der Waals surface area contributed by atoms with Crippen LogP contribution in [0.25, 0.3) is 0 Å². The fourth-order valence-corrected chi connectivity index (χ4v) is 27.7. The first-order chi connectivity index (χ1) is 55.3. The summed E-state index contributed by atoms with van der Waals surface area (Å²) in [5.41, 5.74) is -5.53. The summed E-state index contributed by atoms with van der Waals surface area (Å²) in [6.45, 7) is 47.8. The summed E-state index contributed by atoms with van der Waals surface area (Å²) >= 11 is 5.70. The van der Waals surface area contributed by atoms with E-state index in [1.807, 2.05) is 27.7 Å². The van der Waals surface area contributed by atoms with Crippen LogP contribution < -0.4 is 29.6 Å². The van der Waals surface area contributed by atoms with Crippen LogP contribution >= 0.6 is 11.6 Å². The zero-order valence-electron chi connectivity index (χ0n) is 77.6. The molecule has 0 heterocycles. The summed E-state index contributed by atoms with van der Waals surface area (Å²) in [6.07, 6.45) is 15.8. The Morgan fingerprint density at radius 2 is 0.782 bits per heavy atom. The van der Waals surface area contributed by atoms with Crippen molar-refractivity contribution in [3.05, 3.63) is 50.6 Å². The third kappa shape index (κ3) is 20.3. The van der Waals surface area contributed by atoms with Crippen LogP contribution in [-0.4, -0.2) is 196 Å². The number of rotatable bonds is 15. The van der Waals surface area contributed by atoms with Crippen LogP contribution in [0.15, 0.2) is 50.6 Å². The van der Waals surface area contributed by atoms with Crippen molar-refractivity contribution in [1.29, 1.82) is 0 Å². The third-order valence-electron chi connectivity index (χ3n) is 35.7. The summed E-state index contributed by atoms with van der Waals surface area (Å²) in [6, 6.07) is 0. The summed E-state index contributed by atoms with van der Waals surface area (Å²) in [5, 5.41) is 41.3. The SMILES string of the molecule is C.C.C=C[C@]1(C)C[C@@H](O)[C@]2(C)[C@H](C)CC[C@]3(CC[C@@H](OC)[C@@H]32)[C@@H](C)C1=O.C=C[C@]1(C)C[C@@H](OC(=O)CO)[C@]2(C)[C@H](C)CC[C@]3(CCC(=O)[C@H]32)[C@@H](C)[C@@H]1O.C=C[C@]1(C)C[C@@H](OC(=O)CO)[C@]2(C)[C@H](C)CC[C@]3(CC[C@@H](OC)[C@@H]32)[C@@H](C)C1=O.C=C[C@]1(C)C[C@@H](OC(=O)Cl)[C@]2(C)[C@H](C)CC[C@]3(CC[C@@H](OC)[C@@H]32)[C@@H](C)C1=O.COC(OC)OC.O.O=CC(F)(F)F.[Na+].[OH-]. The van der Waals surface area contributed by atoms with E-state index < -0.39 is 107 Å². The van der Waals surface area contributed by atoms with E-state index in [0.717, 1.165) is 96.3 Å². The van der Waals surface area contributed by atoms with E-state index in [4.69, 9.17) is 44.8 Å². The first kappa shape index (κ1) is 116. The number of methoxy groups -OCH3 is 6. The summed E-state index contributed by atoms with van der Waals surface area (Å²) in [4.78, 5) is 98.5. The van der Waals surface area contributed by atoms with Crippen LogP contribution in [0.2, 0.25) is 0 Å². The number of Topliss-reactive ketones (excluding diaryl/α,β-unsaturated/α-hetero) is 4. The van der Waals surface area contributed by atoms with Crippen molar-refractivity contribution in [3.8, 4) is 0 Å². The molecule has 124 heavy (non-hydrogen) atoms. The van der Waals surface area contributed by atoms with Crippen molar-refractivity contribution in [3.63, 3.8) is 0 Å². The molecular weight excluding hydrogens is 1640 g/mol. The molecule has 0 saturated heterocycles. The second-order valence-electron chi connectivity index (χ2n) is 40.1. The molecule has 0 aromatic heterocycles. The standard InChI is InChI=1S/C23H36O5.C22H33ClO4.C22H34O5.C21H34O3.C4H10O3.C2HF3O.2CH4.Na.2H2O/c1-7-21(4)12-17(28-18(25)13-24)22(5)14(2)8-10-23(15(3)20(21)26)11-9-16(27-6)19(22)23;1-7-20(4)12-16(27-19(23)25)21(5)13(2)8-10-22(14(3)18(20)24)11-9-15(26-6)17(21)22;1-6-20(4)11-16(27-17(25)12-23)21(5)13(2)7-9-22(14(3)19(20)26)10-8-15(24)18(21)22;1-7-19(4)12-16(22)20(5)13(2)8-10-21(14(3)18(19)23)11-9-15(24-6)17(20)21;1-5-4(6-2)7-3;3-2(4,5)1-6;;;;;/h7,14-17,19,24H,1,8-13H2,2-6H3;7,13-17H,1,8-12H2,2-6H3;6,13-14,16,18-19,23,26H,1,7-12H2,2-5H3;7,13-17,22H,1,8-12H2,2-6H3;4H,1-3H3;1H;2*1H4;;2*1H2/q;;;;;;;;+1;;/p-1/t14-,15+,16-,17-,19-,21-,22+,23+;13-,14+,15-,16-,17-,20-,21+,22+;13-,14+,16-,18+,19+,20-,21+,22+;13-,14+,15-,16-,17-,19-,20+,21+;;;;;;;/m1111......./s1. The van der Waals surface area contributed by atoms with Crippen LogP contribution in [-0.2, 0) is 76.2 Å². The van der Waals surface area contributed by atoms with Gasteiger partial charge in [-0.05, 0) is 187 Å². The molecule has 12 rings (SSSR count). The molecule has 710 valence electrons. The van der Waals surface area contributed by atoms with Crippen molar-refractivity contribution in [1.82, 2.24) is 0 Å². The second-order valence-corrected chi connectivity index (χ2v) is 40.4. The summed E-state index contributed by atoms with van der Waals surface area (Å²) in [5.74, 6) is 0.935. The van der Waals surface area contributed by atoms with Gasteiger partial charge in [-0.1, -0.05) is 129 Å². The average Bonchev–Trinajstić information content (AvgIpc) is 1.47. The first-order valence-corrected chi connectivity index (χ1v) is 43.9. The van der Waals surface area contributed by atoms with Crippen molar-refractivity contribution < 1.29 is 155 Å². The van der Waals surface area contributed by atoms with Gasteiger partial charge in [0.1, 0.15) is 54.7 Å². The molecule has 0 unspecified atom stereocenters. The number of ether oxygens (including phenoxy) is 9. The largest absolute Gasteiger partial charge is 1.00 e. The van der Waals surface area contributed by atoms with Gasteiger partial charge < -0.3 is 74.0 Å². The van der Waals surface area contributed by atoms with E-state index in [1.54, 1.807) is 45.6 Å². The van der Waals surface area contributed by atoms with E-state index >= 15 is 0 Å². The first-order valence-electron chi connectivity index (χ1n) is 43.5. The minimum absolute atomic E-state index is 0. The number of carbonyl (C=O) groups is 8. The molecule has 0 aromatic rings. The molecule has 7 N–H and O–H groups in total. The molecule has 0 amide bonds. The zero-order chi connectivity index (χ0) is 90.1. The number of aliphatic hydroxyl groups is 4. The zero-order valence-corrected chi connectivity index (χ0v) is 80.3. The van der Waals surface area contributed by atoms with E-state index in [2.05, 4.69) is 124 Å². The van der Waals surface area contributed by atoms with Crippen LogP contribution in [0.4, 0.5) is 18.0 Å². The monoisotopic (exact) mass is 1800 g/mol. The van der Waals surface area contributed by atoms with Gasteiger partial charge >= 0.3 is 53.1 Å². The Balaban J connectivity index is 0.000000527. The smallest absolute Gasteiger partial charge is 0.870 e. The molecule has 8 bridgehead atoms. The Kier molecular flexibility index (Phi) is 41.5. The molecular formula is C96H159ClF3NaO23. The molecule has 0 aromatic carbocycles.